The minimum Gasteiger partial charge on any atom is -0.355 e. The van der Waals surface area contributed by atoms with Crippen molar-refractivity contribution < 1.29 is 9.59 Å². The highest BCUT2D eigenvalue weighted by Gasteiger charge is 2.15. The largest absolute Gasteiger partial charge is 0.355 e. The second-order valence-electron chi connectivity index (χ2n) is 4.68. The Morgan fingerprint density at radius 3 is 2.76 bits per heavy atom. The Morgan fingerprint density at radius 1 is 1.33 bits per heavy atom. The highest BCUT2D eigenvalue weighted by Crippen LogP contribution is 2.22. The van der Waals surface area contributed by atoms with Crippen molar-refractivity contribution in [1.82, 2.24) is 10.3 Å². The molecule has 5 heteroatoms. The molecule has 1 heterocycles. The molecule has 0 spiro atoms. The third-order valence-corrected chi connectivity index (χ3v) is 3.25. The van der Waals surface area contributed by atoms with Crippen molar-refractivity contribution in [1.29, 1.82) is 0 Å². The van der Waals surface area contributed by atoms with Crippen LogP contribution in [0.4, 0.5) is 5.82 Å². The number of anilines is 1. The molecule has 2 rings (SSSR count). The summed E-state index contributed by atoms with van der Waals surface area (Å²) >= 11 is 0. The Balaban J connectivity index is 2.41. The fourth-order valence-electron chi connectivity index (χ4n) is 2.23. The lowest BCUT2D eigenvalue weighted by atomic mass is 10.1. The van der Waals surface area contributed by atoms with Crippen molar-refractivity contribution in [2.75, 3.05) is 24.5 Å². The molecule has 110 valence electrons. The number of carbonyl (C=O) groups excluding carboxylic acids is 2. The van der Waals surface area contributed by atoms with E-state index in [0.717, 1.165) is 17.2 Å². The first kappa shape index (κ1) is 15.0. The predicted molar refractivity (Wildman–Crippen MR) is 83.7 cm³/mol. The SMILES string of the molecule is CCNC(=O)CN(CC)c1nc2ccccc2cc1C=O. The van der Waals surface area contributed by atoms with E-state index in [9.17, 15) is 9.59 Å². The van der Waals surface area contributed by atoms with Gasteiger partial charge in [-0.3, -0.25) is 9.59 Å². The molecule has 1 aromatic carbocycles. The number of hydrogen-bond acceptors (Lipinski definition) is 4. The van der Waals surface area contributed by atoms with Gasteiger partial charge in [0.25, 0.3) is 0 Å². The molecule has 0 atom stereocenters. The van der Waals surface area contributed by atoms with Gasteiger partial charge in [-0.15, -0.1) is 0 Å². The zero-order valence-electron chi connectivity index (χ0n) is 12.3. The number of amides is 1. The summed E-state index contributed by atoms with van der Waals surface area (Å²) in [5.74, 6) is 0.476. The average molecular weight is 285 g/mol. The molecular formula is C16H19N3O2. The number of aromatic nitrogens is 1. The Kier molecular flexibility index (Phi) is 4.87. The second kappa shape index (κ2) is 6.83. The molecule has 0 bridgehead atoms. The lowest BCUT2D eigenvalue weighted by Gasteiger charge is -2.23. The molecule has 1 N–H and O–H groups in total. The van der Waals surface area contributed by atoms with E-state index in [2.05, 4.69) is 10.3 Å². The van der Waals surface area contributed by atoms with E-state index < -0.39 is 0 Å². The van der Waals surface area contributed by atoms with Crippen LogP contribution < -0.4 is 10.2 Å². The van der Waals surface area contributed by atoms with Crippen LogP contribution in [0.2, 0.25) is 0 Å². The highest BCUT2D eigenvalue weighted by molar-refractivity contribution is 5.93. The summed E-state index contributed by atoms with van der Waals surface area (Å²) < 4.78 is 0. The van der Waals surface area contributed by atoms with Gasteiger partial charge in [-0.2, -0.15) is 0 Å². The molecule has 21 heavy (non-hydrogen) atoms. The molecule has 1 amide bonds. The van der Waals surface area contributed by atoms with Crippen LogP contribution in [-0.2, 0) is 4.79 Å². The fraction of sp³-hybridized carbons (Fsp3) is 0.312. The van der Waals surface area contributed by atoms with Crippen molar-refractivity contribution in [3.8, 4) is 0 Å². The third kappa shape index (κ3) is 3.37. The standard InChI is InChI=1S/C16H19N3O2/c1-3-17-15(21)10-19(4-2)16-13(11-20)9-12-7-5-6-8-14(12)18-16/h5-9,11H,3-4,10H2,1-2H3,(H,17,21). The summed E-state index contributed by atoms with van der Waals surface area (Å²) in [5, 5.41) is 3.67. The van der Waals surface area contributed by atoms with Crippen LogP contribution in [0.15, 0.2) is 30.3 Å². The maximum absolute atomic E-state index is 11.8. The minimum atomic E-state index is -0.0776. The average Bonchev–Trinajstić information content (AvgIpc) is 2.51. The van der Waals surface area contributed by atoms with Crippen LogP contribution in [0, 0.1) is 0 Å². The van der Waals surface area contributed by atoms with Gasteiger partial charge in [0.2, 0.25) is 5.91 Å². The first-order valence-electron chi connectivity index (χ1n) is 7.06. The quantitative estimate of drug-likeness (QED) is 0.825. The summed E-state index contributed by atoms with van der Waals surface area (Å²) in [6.07, 6.45) is 0.787. The first-order valence-corrected chi connectivity index (χ1v) is 7.06. The Labute approximate surface area is 124 Å². The van der Waals surface area contributed by atoms with Gasteiger partial charge in [0.05, 0.1) is 17.6 Å². The Hall–Kier alpha value is -2.43. The van der Waals surface area contributed by atoms with Gasteiger partial charge in [-0.25, -0.2) is 4.98 Å². The molecule has 0 saturated carbocycles. The third-order valence-electron chi connectivity index (χ3n) is 3.25. The number of likely N-dealkylation sites (N-methyl/N-ethyl adjacent to an activating group) is 2. The van der Waals surface area contributed by atoms with Gasteiger partial charge in [-0.05, 0) is 26.0 Å². The van der Waals surface area contributed by atoms with Gasteiger partial charge in [0.15, 0.2) is 6.29 Å². The number of carbonyl (C=O) groups is 2. The summed E-state index contributed by atoms with van der Waals surface area (Å²) in [7, 11) is 0. The number of nitrogens with one attached hydrogen (secondary N) is 1. The number of rotatable bonds is 6. The molecule has 1 aromatic heterocycles. The van der Waals surface area contributed by atoms with E-state index >= 15 is 0 Å². The molecular weight excluding hydrogens is 266 g/mol. The van der Waals surface area contributed by atoms with Crippen molar-refractivity contribution in [3.63, 3.8) is 0 Å². The van der Waals surface area contributed by atoms with Gasteiger partial charge >= 0.3 is 0 Å². The molecule has 0 aliphatic heterocycles. The van der Waals surface area contributed by atoms with Crippen molar-refractivity contribution in [3.05, 3.63) is 35.9 Å². The molecule has 0 aliphatic carbocycles. The number of benzene rings is 1. The van der Waals surface area contributed by atoms with Crippen LogP contribution >= 0.6 is 0 Å². The van der Waals surface area contributed by atoms with Crippen LogP contribution in [0.3, 0.4) is 0 Å². The fourth-order valence-corrected chi connectivity index (χ4v) is 2.23. The lowest BCUT2D eigenvalue weighted by Crippen LogP contribution is -2.38. The van der Waals surface area contributed by atoms with Crippen LogP contribution in [-0.4, -0.2) is 36.8 Å². The molecule has 2 aromatic rings. The highest BCUT2D eigenvalue weighted by atomic mass is 16.2. The van der Waals surface area contributed by atoms with Gasteiger partial charge in [-0.1, -0.05) is 18.2 Å². The normalized spacial score (nSPS) is 10.4. The van der Waals surface area contributed by atoms with Crippen molar-refractivity contribution >= 4 is 28.9 Å². The zero-order valence-corrected chi connectivity index (χ0v) is 12.3. The van der Waals surface area contributed by atoms with Gasteiger partial charge in [0, 0.05) is 18.5 Å². The molecule has 0 unspecified atom stereocenters. The molecule has 0 radical (unpaired) electrons. The molecule has 0 fully saturated rings. The molecule has 0 saturated heterocycles. The summed E-state index contributed by atoms with van der Waals surface area (Å²) in [4.78, 5) is 29.5. The maximum Gasteiger partial charge on any atom is 0.239 e. The lowest BCUT2D eigenvalue weighted by molar-refractivity contribution is -0.119. The minimum absolute atomic E-state index is 0.0776. The van der Waals surface area contributed by atoms with E-state index in [0.29, 0.717) is 24.5 Å². The van der Waals surface area contributed by atoms with Crippen LogP contribution in [0.1, 0.15) is 24.2 Å². The van der Waals surface area contributed by atoms with Gasteiger partial charge < -0.3 is 10.2 Å². The first-order chi connectivity index (χ1) is 10.2. The van der Waals surface area contributed by atoms with Crippen molar-refractivity contribution in [2.45, 2.75) is 13.8 Å². The number of para-hydroxylation sites is 1. The summed E-state index contributed by atoms with van der Waals surface area (Å²) in [5.41, 5.74) is 1.31. The van der Waals surface area contributed by atoms with Crippen LogP contribution in [0.25, 0.3) is 10.9 Å². The monoisotopic (exact) mass is 285 g/mol. The smallest absolute Gasteiger partial charge is 0.239 e. The van der Waals surface area contributed by atoms with E-state index in [1.807, 2.05) is 44.2 Å². The van der Waals surface area contributed by atoms with E-state index in [-0.39, 0.29) is 12.5 Å². The number of nitrogens with zero attached hydrogens (tertiary/aromatic N) is 2. The molecule has 0 aliphatic rings. The molecule has 5 nitrogen and oxygen atoms in total. The topological polar surface area (TPSA) is 62.3 Å². The van der Waals surface area contributed by atoms with E-state index in [1.165, 1.54) is 0 Å². The maximum atomic E-state index is 11.8. The Bertz CT molecular complexity index is 655. The predicted octanol–water partition coefficient (Wildman–Crippen LogP) is 2.01. The number of aldehydes is 1. The second-order valence-corrected chi connectivity index (χ2v) is 4.68. The number of pyridine rings is 1. The van der Waals surface area contributed by atoms with Crippen LogP contribution in [0.5, 0.6) is 0 Å². The summed E-state index contributed by atoms with van der Waals surface area (Å²) in [6.45, 7) is 5.19. The van der Waals surface area contributed by atoms with E-state index in [4.69, 9.17) is 0 Å². The number of fused-ring (bicyclic) bond motifs is 1. The van der Waals surface area contributed by atoms with Crippen molar-refractivity contribution in [2.24, 2.45) is 0 Å². The number of hydrogen-bond donors (Lipinski definition) is 1. The zero-order chi connectivity index (χ0) is 15.2. The Morgan fingerprint density at radius 2 is 2.10 bits per heavy atom. The summed E-state index contributed by atoms with van der Waals surface area (Å²) in [6, 6.07) is 9.43. The van der Waals surface area contributed by atoms with Gasteiger partial charge in [0.1, 0.15) is 5.82 Å². The van der Waals surface area contributed by atoms with E-state index in [1.54, 1.807) is 4.90 Å².